The van der Waals surface area contributed by atoms with Crippen LogP contribution in [0.5, 0.6) is 0 Å². The third-order valence-corrected chi connectivity index (χ3v) is 3.21. The number of nitrogens with one attached hydrogen (secondary N) is 1. The molecule has 0 saturated heterocycles. The van der Waals surface area contributed by atoms with Crippen molar-refractivity contribution in [1.82, 2.24) is 5.32 Å². The van der Waals surface area contributed by atoms with Gasteiger partial charge in [0.1, 0.15) is 0 Å². The van der Waals surface area contributed by atoms with Gasteiger partial charge in [0.15, 0.2) is 0 Å². The van der Waals surface area contributed by atoms with Gasteiger partial charge in [-0.25, -0.2) is 0 Å². The van der Waals surface area contributed by atoms with Crippen molar-refractivity contribution in [3.05, 3.63) is 29.8 Å². The van der Waals surface area contributed by atoms with Crippen LogP contribution < -0.4 is 5.32 Å². The predicted octanol–water partition coefficient (Wildman–Crippen LogP) is 3.52. The Bertz CT molecular complexity index is 298. The second kappa shape index (κ2) is 8.56. The molecule has 96 valence electrons. The van der Waals surface area contributed by atoms with E-state index >= 15 is 0 Å². The lowest BCUT2D eigenvalue weighted by Crippen LogP contribution is -2.18. The fraction of sp³-hybridized carbons (Fsp3) is 0.571. The first kappa shape index (κ1) is 14.6. The molecule has 2 nitrogen and oxygen atoms in total. The second-order valence-electron chi connectivity index (χ2n) is 4.42. The lowest BCUT2D eigenvalue weighted by molar-refractivity contribution is 0.199. The van der Waals surface area contributed by atoms with E-state index in [1.807, 2.05) is 6.92 Å². The van der Waals surface area contributed by atoms with Crippen LogP contribution in [0.2, 0.25) is 0 Å². The van der Waals surface area contributed by atoms with Gasteiger partial charge in [-0.05, 0) is 37.1 Å². The SMILES string of the molecule is CCOCSc1ccc(CNCC(C)C)cc1. The summed E-state index contributed by atoms with van der Waals surface area (Å²) in [6, 6.07) is 8.69. The zero-order valence-corrected chi connectivity index (χ0v) is 11.8. The predicted molar refractivity (Wildman–Crippen MR) is 75.3 cm³/mol. The molecule has 0 fully saturated rings. The van der Waals surface area contributed by atoms with Crippen molar-refractivity contribution in [2.24, 2.45) is 5.92 Å². The van der Waals surface area contributed by atoms with E-state index in [1.165, 1.54) is 10.5 Å². The van der Waals surface area contributed by atoms with E-state index in [0.29, 0.717) is 5.92 Å². The van der Waals surface area contributed by atoms with Gasteiger partial charge >= 0.3 is 0 Å². The fourth-order valence-electron chi connectivity index (χ4n) is 1.40. The zero-order valence-electron chi connectivity index (χ0n) is 11.0. The highest BCUT2D eigenvalue weighted by Crippen LogP contribution is 2.18. The maximum Gasteiger partial charge on any atom is 0.0966 e. The third kappa shape index (κ3) is 6.71. The van der Waals surface area contributed by atoms with Gasteiger partial charge in [0.25, 0.3) is 0 Å². The summed E-state index contributed by atoms with van der Waals surface area (Å²) < 4.78 is 5.31. The van der Waals surface area contributed by atoms with Gasteiger partial charge < -0.3 is 10.1 Å². The molecule has 0 aromatic heterocycles. The number of benzene rings is 1. The first-order chi connectivity index (χ1) is 8.22. The Labute approximate surface area is 109 Å². The minimum absolute atomic E-state index is 0.705. The Morgan fingerprint density at radius 1 is 1.24 bits per heavy atom. The van der Waals surface area contributed by atoms with Crippen molar-refractivity contribution < 1.29 is 4.74 Å². The largest absolute Gasteiger partial charge is 0.371 e. The Morgan fingerprint density at radius 3 is 2.53 bits per heavy atom. The summed E-state index contributed by atoms with van der Waals surface area (Å²) in [5.41, 5.74) is 1.34. The molecule has 1 N–H and O–H groups in total. The molecule has 1 aromatic carbocycles. The molecule has 17 heavy (non-hydrogen) atoms. The molecular formula is C14H23NOS. The van der Waals surface area contributed by atoms with Crippen LogP contribution in [0.1, 0.15) is 26.3 Å². The van der Waals surface area contributed by atoms with Gasteiger partial charge in [-0.15, -0.1) is 0 Å². The molecule has 0 heterocycles. The van der Waals surface area contributed by atoms with Crippen molar-refractivity contribution in [2.75, 3.05) is 19.1 Å². The molecule has 3 heteroatoms. The first-order valence-corrected chi connectivity index (χ1v) is 7.21. The van der Waals surface area contributed by atoms with Crippen LogP contribution in [0.4, 0.5) is 0 Å². The van der Waals surface area contributed by atoms with Gasteiger partial charge in [-0.2, -0.15) is 0 Å². The van der Waals surface area contributed by atoms with Crippen molar-refractivity contribution >= 4 is 11.8 Å². The minimum atomic E-state index is 0.705. The van der Waals surface area contributed by atoms with Crippen LogP contribution >= 0.6 is 11.8 Å². The first-order valence-electron chi connectivity index (χ1n) is 6.22. The van der Waals surface area contributed by atoms with Crippen LogP contribution in [0.3, 0.4) is 0 Å². The van der Waals surface area contributed by atoms with Crippen LogP contribution in [-0.2, 0) is 11.3 Å². The lowest BCUT2D eigenvalue weighted by Gasteiger charge is -2.08. The van der Waals surface area contributed by atoms with E-state index in [0.717, 1.165) is 25.6 Å². The molecule has 0 aliphatic carbocycles. The summed E-state index contributed by atoms with van der Waals surface area (Å²) in [5.74, 6) is 1.44. The molecule has 0 bridgehead atoms. The average molecular weight is 253 g/mol. The highest BCUT2D eigenvalue weighted by molar-refractivity contribution is 7.99. The highest BCUT2D eigenvalue weighted by Gasteiger charge is 1.97. The summed E-state index contributed by atoms with van der Waals surface area (Å²) in [4.78, 5) is 1.27. The average Bonchev–Trinajstić information content (AvgIpc) is 2.31. The number of rotatable bonds is 8. The van der Waals surface area contributed by atoms with Gasteiger partial charge in [-0.1, -0.05) is 37.7 Å². The standard InChI is InChI=1S/C14H23NOS/c1-4-16-11-17-14-7-5-13(6-8-14)10-15-9-12(2)3/h5-8,12,15H,4,9-11H2,1-3H3. The van der Waals surface area contributed by atoms with Crippen LogP contribution in [0.15, 0.2) is 29.2 Å². The zero-order chi connectivity index (χ0) is 12.5. The maximum atomic E-state index is 5.31. The monoisotopic (exact) mass is 253 g/mol. The topological polar surface area (TPSA) is 21.3 Å². The van der Waals surface area contributed by atoms with Gasteiger partial charge in [0, 0.05) is 18.0 Å². The van der Waals surface area contributed by atoms with Crippen LogP contribution in [-0.4, -0.2) is 19.1 Å². The van der Waals surface area contributed by atoms with Gasteiger partial charge in [0.05, 0.1) is 5.94 Å². The van der Waals surface area contributed by atoms with E-state index in [9.17, 15) is 0 Å². The Morgan fingerprint density at radius 2 is 1.94 bits per heavy atom. The second-order valence-corrected chi connectivity index (χ2v) is 5.42. The Hall–Kier alpha value is -0.510. The van der Waals surface area contributed by atoms with Crippen molar-refractivity contribution in [3.8, 4) is 0 Å². The van der Waals surface area contributed by atoms with E-state index in [2.05, 4.69) is 43.4 Å². The van der Waals surface area contributed by atoms with E-state index in [1.54, 1.807) is 11.8 Å². The molecule has 0 atom stereocenters. The summed E-state index contributed by atoms with van der Waals surface area (Å²) in [6.07, 6.45) is 0. The Kier molecular flexibility index (Phi) is 7.33. The molecule has 0 aliphatic rings. The molecule has 0 saturated carbocycles. The normalized spacial score (nSPS) is 11.1. The number of hydrogen-bond donors (Lipinski definition) is 1. The van der Waals surface area contributed by atoms with Gasteiger partial charge in [0.2, 0.25) is 0 Å². The summed E-state index contributed by atoms with van der Waals surface area (Å²) in [7, 11) is 0. The van der Waals surface area contributed by atoms with Crippen molar-refractivity contribution in [2.45, 2.75) is 32.2 Å². The fourth-order valence-corrected chi connectivity index (χ4v) is 2.12. The number of thioether (sulfide) groups is 1. The van der Waals surface area contributed by atoms with Crippen LogP contribution in [0, 0.1) is 5.92 Å². The molecular weight excluding hydrogens is 230 g/mol. The van der Waals surface area contributed by atoms with Gasteiger partial charge in [-0.3, -0.25) is 0 Å². The molecule has 1 rings (SSSR count). The molecule has 0 aliphatic heterocycles. The van der Waals surface area contributed by atoms with Crippen molar-refractivity contribution in [3.63, 3.8) is 0 Å². The molecule has 0 amide bonds. The lowest BCUT2D eigenvalue weighted by atomic mass is 10.2. The quantitative estimate of drug-likeness (QED) is 0.435. The number of ether oxygens (including phenoxy) is 1. The molecule has 0 spiro atoms. The third-order valence-electron chi connectivity index (χ3n) is 2.32. The van der Waals surface area contributed by atoms with E-state index in [-0.39, 0.29) is 0 Å². The molecule has 1 aromatic rings. The molecule has 0 radical (unpaired) electrons. The van der Waals surface area contributed by atoms with Crippen LogP contribution in [0.25, 0.3) is 0 Å². The number of hydrogen-bond acceptors (Lipinski definition) is 3. The summed E-state index contributed by atoms with van der Waals surface area (Å²) in [5, 5.41) is 3.44. The highest BCUT2D eigenvalue weighted by atomic mass is 32.2. The van der Waals surface area contributed by atoms with E-state index < -0.39 is 0 Å². The van der Waals surface area contributed by atoms with Crippen molar-refractivity contribution in [1.29, 1.82) is 0 Å². The maximum absolute atomic E-state index is 5.31. The molecule has 0 unspecified atom stereocenters. The van der Waals surface area contributed by atoms with E-state index in [4.69, 9.17) is 4.74 Å². The smallest absolute Gasteiger partial charge is 0.0966 e. The summed E-state index contributed by atoms with van der Waals surface area (Å²) >= 11 is 1.74. The minimum Gasteiger partial charge on any atom is -0.371 e. The summed E-state index contributed by atoms with van der Waals surface area (Å²) in [6.45, 7) is 9.27. The Balaban J connectivity index is 2.29.